The zero-order valence-corrected chi connectivity index (χ0v) is 11.9. The Bertz CT molecular complexity index is 694. The highest BCUT2D eigenvalue weighted by Gasteiger charge is 2.14. The van der Waals surface area contributed by atoms with Gasteiger partial charge in [0.25, 0.3) is 5.91 Å². The van der Waals surface area contributed by atoms with E-state index in [4.69, 9.17) is 5.11 Å². The first-order valence-electron chi connectivity index (χ1n) is 5.67. The third kappa shape index (κ3) is 3.43. The Kier molecular flexibility index (Phi) is 4.32. The predicted molar refractivity (Wildman–Crippen MR) is 75.4 cm³/mol. The third-order valence-electron chi connectivity index (χ3n) is 2.64. The number of carbonyl (C=O) groups is 2. The Morgan fingerprint density at radius 3 is 2.14 bits per heavy atom. The molecule has 0 unspecified atom stereocenters. The molecule has 0 atom stereocenters. The van der Waals surface area contributed by atoms with Crippen molar-refractivity contribution < 1.29 is 23.5 Å². The summed E-state index contributed by atoms with van der Waals surface area (Å²) in [5.74, 6) is -3.45. The Morgan fingerprint density at radius 1 is 1.05 bits per heavy atom. The number of amides is 1. The predicted octanol–water partition coefficient (Wildman–Crippen LogP) is 3.68. The van der Waals surface area contributed by atoms with Gasteiger partial charge in [-0.05, 0) is 46.3 Å². The summed E-state index contributed by atoms with van der Waals surface area (Å²) in [7, 11) is 0. The number of hydrogen-bond acceptors (Lipinski definition) is 2. The number of benzene rings is 2. The van der Waals surface area contributed by atoms with E-state index in [1.807, 2.05) is 0 Å². The van der Waals surface area contributed by atoms with Crippen molar-refractivity contribution in [3.05, 3.63) is 63.6 Å². The van der Waals surface area contributed by atoms with Crippen molar-refractivity contribution in [3.63, 3.8) is 0 Å². The molecule has 0 saturated carbocycles. The monoisotopic (exact) mass is 355 g/mol. The van der Waals surface area contributed by atoms with Gasteiger partial charge in [-0.15, -0.1) is 0 Å². The lowest BCUT2D eigenvalue weighted by Gasteiger charge is -2.09. The van der Waals surface area contributed by atoms with Crippen LogP contribution < -0.4 is 5.32 Å². The summed E-state index contributed by atoms with van der Waals surface area (Å²) >= 11 is 2.96. The molecular formula is C14H8BrF2NO3. The Labute approximate surface area is 126 Å². The molecule has 7 heteroatoms. The van der Waals surface area contributed by atoms with Crippen molar-refractivity contribution in [2.45, 2.75) is 0 Å². The molecule has 0 spiro atoms. The summed E-state index contributed by atoms with van der Waals surface area (Å²) < 4.78 is 26.6. The smallest absolute Gasteiger partial charge is 0.335 e. The molecule has 0 heterocycles. The van der Waals surface area contributed by atoms with Crippen molar-refractivity contribution in [2.24, 2.45) is 0 Å². The molecule has 0 bridgehead atoms. The SMILES string of the molecule is O=C(O)c1ccc(C(=O)Nc2c(F)cc(F)cc2Br)cc1. The van der Waals surface area contributed by atoms with Crippen LogP contribution in [0.2, 0.25) is 0 Å². The van der Waals surface area contributed by atoms with E-state index < -0.39 is 23.5 Å². The molecule has 2 rings (SSSR count). The highest BCUT2D eigenvalue weighted by molar-refractivity contribution is 9.10. The number of carbonyl (C=O) groups excluding carboxylic acids is 1. The molecular weight excluding hydrogens is 348 g/mol. The second-order valence-electron chi connectivity index (χ2n) is 4.08. The first-order valence-corrected chi connectivity index (χ1v) is 6.47. The van der Waals surface area contributed by atoms with E-state index in [1.165, 1.54) is 24.3 Å². The van der Waals surface area contributed by atoms with E-state index in [0.29, 0.717) is 6.07 Å². The molecule has 2 aromatic rings. The summed E-state index contributed by atoms with van der Waals surface area (Å²) in [5.41, 5.74) is -0.0139. The number of halogens is 3. The standard InChI is InChI=1S/C14H8BrF2NO3/c15-10-5-9(16)6-11(17)12(10)18-13(19)7-1-3-8(4-2-7)14(20)21/h1-6H,(H,18,19)(H,20,21). The van der Waals surface area contributed by atoms with Crippen LogP contribution in [0.15, 0.2) is 40.9 Å². The first kappa shape index (κ1) is 15.1. The second kappa shape index (κ2) is 6.01. The molecule has 2 aromatic carbocycles. The molecule has 0 aliphatic rings. The van der Waals surface area contributed by atoms with Gasteiger partial charge < -0.3 is 10.4 Å². The van der Waals surface area contributed by atoms with E-state index in [0.717, 1.165) is 6.07 Å². The topological polar surface area (TPSA) is 66.4 Å². The van der Waals surface area contributed by atoms with Crippen molar-refractivity contribution >= 4 is 33.5 Å². The molecule has 0 fully saturated rings. The number of nitrogens with one attached hydrogen (secondary N) is 1. The Morgan fingerprint density at radius 2 is 1.62 bits per heavy atom. The zero-order valence-electron chi connectivity index (χ0n) is 10.4. The fourth-order valence-electron chi connectivity index (χ4n) is 1.61. The number of anilines is 1. The van der Waals surface area contributed by atoms with Crippen LogP contribution in [-0.4, -0.2) is 17.0 Å². The van der Waals surface area contributed by atoms with Crippen LogP contribution in [0.25, 0.3) is 0 Å². The highest BCUT2D eigenvalue weighted by Crippen LogP contribution is 2.27. The number of hydrogen-bond donors (Lipinski definition) is 2. The number of carboxylic acid groups (broad SMARTS) is 1. The molecule has 21 heavy (non-hydrogen) atoms. The lowest BCUT2D eigenvalue weighted by molar-refractivity contribution is 0.0696. The number of aromatic carboxylic acids is 1. The lowest BCUT2D eigenvalue weighted by atomic mass is 10.1. The van der Waals surface area contributed by atoms with Gasteiger partial charge in [0.15, 0.2) is 5.82 Å². The molecule has 2 N–H and O–H groups in total. The fraction of sp³-hybridized carbons (Fsp3) is 0. The average molecular weight is 356 g/mol. The maximum Gasteiger partial charge on any atom is 0.335 e. The average Bonchev–Trinajstić information content (AvgIpc) is 2.42. The van der Waals surface area contributed by atoms with Crippen LogP contribution >= 0.6 is 15.9 Å². The second-order valence-corrected chi connectivity index (χ2v) is 4.94. The fourth-order valence-corrected chi connectivity index (χ4v) is 2.12. The van der Waals surface area contributed by atoms with Gasteiger partial charge in [0.1, 0.15) is 5.82 Å². The van der Waals surface area contributed by atoms with Gasteiger partial charge in [-0.2, -0.15) is 0 Å². The molecule has 0 aromatic heterocycles. The van der Waals surface area contributed by atoms with E-state index >= 15 is 0 Å². The van der Waals surface area contributed by atoms with Crippen LogP contribution in [0.3, 0.4) is 0 Å². The van der Waals surface area contributed by atoms with Gasteiger partial charge >= 0.3 is 5.97 Å². The molecule has 0 radical (unpaired) electrons. The van der Waals surface area contributed by atoms with Gasteiger partial charge in [-0.1, -0.05) is 0 Å². The van der Waals surface area contributed by atoms with E-state index in [1.54, 1.807) is 0 Å². The maximum absolute atomic E-state index is 13.6. The minimum Gasteiger partial charge on any atom is -0.478 e. The normalized spacial score (nSPS) is 10.2. The molecule has 0 saturated heterocycles. The van der Waals surface area contributed by atoms with Crippen LogP contribution in [0.1, 0.15) is 20.7 Å². The van der Waals surface area contributed by atoms with Crippen LogP contribution in [0, 0.1) is 11.6 Å². The van der Waals surface area contributed by atoms with Crippen molar-refractivity contribution in [1.82, 2.24) is 0 Å². The summed E-state index contributed by atoms with van der Waals surface area (Å²) in [6, 6.07) is 6.78. The number of rotatable bonds is 3. The Balaban J connectivity index is 2.24. The molecule has 108 valence electrons. The van der Waals surface area contributed by atoms with Gasteiger partial charge in [0.05, 0.1) is 11.3 Å². The van der Waals surface area contributed by atoms with E-state index in [-0.39, 0.29) is 21.3 Å². The van der Waals surface area contributed by atoms with Gasteiger partial charge in [0.2, 0.25) is 0 Å². The van der Waals surface area contributed by atoms with Gasteiger partial charge in [-0.25, -0.2) is 13.6 Å². The van der Waals surface area contributed by atoms with Gasteiger partial charge in [-0.3, -0.25) is 4.79 Å². The van der Waals surface area contributed by atoms with Crippen LogP contribution in [0.5, 0.6) is 0 Å². The number of carboxylic acids is 1. The van der Waals surface area contributed by atoms with Crippen molar-refractivity contribution in [3.8, 4) is 0 Å². The molecule has 1 amide bonds. The third-order valence-corrected chi connectivity index (χ3v) is 3.26. The first-order chi connectivity index (χ1) is 9.88. The van der Waals surface area contributed by atoms with Crippen LogP contribution in [-0.2, 0) is 0 Å². The van der Waals surface area contributed by atoms with E-state index in [2.05, 4.69) is 21.2 Å². The maximum atomic E-state index is 13.6. The summed E-state index contributed by atoms with van der Waals surface area (Å²) in [5, 5.41) is 11.1. The van der Waals surface area contributed by atoms with Crippen LogP contribution in [0.4, 0.5) is 14.5 Å². The minimum absolute atomic E-state index is 0.0284. The van der Waals surface area contributed by atoms with Crippen molar-refractivity contribution in [1.29, 1.82) is 0 Å². The lowest BCUT2D eigenvalue weighted by Crippen LogP contribution is -2.14. The highest BCUT2D eigenvalue weighted by atomic mass is 79.9. The summed E-state index contributed by atoms with van der Waals surface area (Å²) in [4.78, 5) is 22.6. The van der Waals surface area contributed by atoms with Crippen molar-refractivity contribution in [2.75, 3.05) is 5.32 Å². The Hall–Kier alpha value is -2.28. The summed E-state index contributed by atoms with van der Waals surface area (Å²) in [6.45, 7) is 0. The largest absolute Gasteiger partial charge is 0.478 e. The molecule has 4 nitrogen and oxygen atoms in total. The molecule has 0 aliphatic carbocycles. The zero-order chi connectivity index (χ0) is 15.6. The summed E-state index contributed by atoms with van der Waals surface area (Å²) in [6.07, 6.45) is 0. The quantitative estimate of drug-likeness (QED) is 0.882. The minimum atomic E-state index is -1.12. The van der Waals surface area contributed by atoms with Gasteiger partial charge in [0, 0.05) is 16.1 Å². The molecule has 0 aliphatic heterocycles. The van der Waals surface area contributed by atoms with E-state index in [9.17, 15) is 18.4 Å².